The maximum atomic E-state index is 12.7. The molecular formula is C12H10F3N5. The highest BCUT2D eigenvalue weighted by molar-refractivity contribution is 5.49. The lowest BCUT2D eigenvalue weighted by atomic mass is 10.2. The summed E-state index contributed by atoms with van der Waals surface area (Å²) in [5.74, 6) is 0. The van der Waals surface area contributed by atoms with Crippen molar-refractivity contribution in [2.24, 2.45) is 0 Å². The molecule has 2 aromatic heterocycles. The fourth-order valence-electron chi connectivity index (χ4n) is 1.68. The number of hydrogen-bond donors (Lipinski definition) is 1. The lowest BCUT2D eigenvalue weighted by Crippen LogP contribution is -2.10. The Morgan fingerprint density at radius 2 is 2.10 bits per heavy atom. The predicted octanol–water partition coefficient (Wildman–Crippen LogP) is 2.11. The van der Waals surface area contributed by atoms with Crippen LogP contribution in [0.2, 0.25) is 0 Å². The lowest BCUT2D eigenvalue weighted by molar-refractivity contribution is -0.140. The second-order valence-electron chi connectivity index (χ2n) is 4.17. The molecule has 0 aliphatic carbocycles. The van der Waals surface area contributed by atoms with Gasteiger partial charge in [0.2, 0.25) is 0 Å². The highest BCUT2D eigenvalue weighted by atomic mass is 19.4. The Bertz CT molecular complexity index is 664. The Balaban J connectivity index is 2.32. The van der Waals surface area contributed by atoms with Crippen molar-refractivity contribution in [1.29, 1.82) is 5.26 Å². The summed E-state index contributed by atoms with van der Waals surface area (Å²) < 4.78 is 39.2. The Kier molecular flexibility index (Phi) is 3.36. The van der Waals surface area contributed by atoms with Gasteiger partial charge in [0.1, 0.15) is 11.8 Å². The third kappa shape index (κ3) is 2.56. The average Bonchev–Trinajstić information content (AvgIpc) is 2.68. The number of alkyl halides is 3. The van der Waals surface area contributed by atoms with Gasteiger partial charge < -0.3 is 5.73 Å². The molecule has 0 saturated carbocycles. The van der Waals surface area contributed by atoms with Gasteiger partial charge in [0.05, 0.1) is 17.9 Å². The maximum absolute atomic E-state index is 12.7. The second-order valence-corrected chi connectivity index (χ2v) is 4.17. The summed E-state index contributed by atoms with van der Waals surface area (Å²) in [7, 11) is 0. The highest BCUT2D eigenvalue weighted by Gasteiger charge is 2.37. The van der Waals surface area contributed by atoms with Gasteiger partial charge in [0, 0.05) is 6.20 Å². The Hall–Kier alpha value is -2.56. The maximum Gasteiger partial charge on any atom is 0.437 e. The summed E-state index contributed by atoms with van der Waals surface area (Å²) >= 11 is 0. The van der Waals surface area contributed by atoms with Gasteiger partial charge in [0.15, 0.2) is 5.69 Å². The molecule has 0 amide bonds. The molecule has 104 valence electrons. The zero-order valence-electron chi connectivity index (χ0n) is 10.4. The molecule has 0 fully saturated rings. The summed E-state index contributed by atoms with van der Waals surface area (Å²) in [6.45, 7) is 1.57. The van der Waals surface area contributed by atoms with E-state index in [0.29, 0.717) is 5.56 Å². The summed E-state index contributed by atoms with van der Waals surface area (Å²) in [5, 5.41) is 12.1. The van der Waals surface area contributed by atoms with E-state index in [-0.39, 0.29) is 23.6 Å². The minimum atomic E-state index is -4.58. The van der Waals surface area contributed by atoms with Gasteiger partial charge in [-0.1, -0.05) is 6.07 Å². The number of nitrogens with zero attached hydrogens (tertiary/aromatic N) is 4. The van der Waals surface area contributed by atoms with E-state index < -0.39 is 11.9 Å². The van der Waals surface area contributed by atoms with Crippen LogP contribution in [-0.4, -0.2) is 14.8 Å². The molecule has 8 heteroatoms. The number of nitrogens with two attached hydrogens (primary N) is 1. The number of pyridine rings is 1. The molecule has 0 bridgehead atoms. The Morgan fingerprint density at radius 3 is 2.55 bits per heavy atom. The molecule has 2 heterocycles. The van der Waals surface area contributed by atoms with Crippen molar-refractivity contribution in [1.82, 2.24) is 14.8 Å². The van der Waals surface area contributed by atoms with E-state index in [1.54, 1.807) is 6.07 Å². The second kappa shape index (κ2) is 4.85. The number of anilines is 1. The van der Waals surface area contributed by atoms with Gasteiger partial charge in [-0.05, 0) is 18.6 Å². The normalized spacial score (nSPS) is 11.3. The average molecular weight is 281 g/mol. The van der Waals surface area contributed by atoms with E-state index in [0.717, 1.165) is 0 Å². The van der Waals surface area contributed by atoms with Crippen LogP contribution in [0.25, 0.3) is 0 Å². The van der Waals surface area contributed by atoms with Gasteiger partial charge in [-0.25, -0.2) is 4.98 Å². The Morgan fingerprint density at radius 1 is 1.40 bits per heavy atom. The van der Waals surface area contributed by atoms with Crippen LogP contribution in [0.4, 0.5) is 18.9 Å². The van der Waals surface area contributed by atoms with E-state index in [2.05, 4.69) is 10.1 Å². The van der Waals surface area contributed by atoms with Gasteiger partial charge in [0.25, 0.3) is 0 Å². The first-order valence-corrected chi connectivity index (χ1v) is 5.58. The molecule has 5 nitrogen and oxygen atoms in total. The number of nitrogen functional groups attached to an aromatic ring is 1. The standard InChI is InChI=1S/C12H10F3N5/c1-7-10(17)11(12(13,14)15)19-20(7)6-8-2-3-9(4-16)18-5-8/h2-3,5H,6,17H2,1H3. The summed E-state index contributed by atoms with van der Waals surface area (Å²) in [6, 6.07) is 4.96. The van der Waals surface area contributed by atoms with Crippen LogP contribution in [0.1, 0.15) is 22.6 Å². The molecule has 2 N–H and O–H groups in total. The first kappa shape index (κ1) is 13.9. The van der Waals surface area contributed by atoms with Gasteiger partial charge in [-0.2, -0.15) is 23.5 Å². The number of hydrogen-bond acceptors (Lipinski definition) is 4. The van der Waals surface area contributed by atoms with Gasteiger partial charge in [-0.3, -0.25) is 4.68 Å². The summed E-state index contributed by atoms with van der Waals surface area (Å²) in [5.41, 5.74) is 5.07. The topological polar surface area (TPSA) is 80.5 Å². The number of halogens is 3. The molecule has 0 radical (unpaired) electrons. The third-order valence-corrected chi connectivity index (χ3v) is 2.79. The molecule has 0 aliphatic heterocycles. The number of rotatable bonds is 2. The molecule has 20 heavy (non-hydrogen) atoms. The molecule has 0 saturated heterocycles. The molecule has 2 rings (SSSR count). The van der Waals surface area contributed by atoms with Crippen molar-refractivity contribution < 1.29 is 13.2 Å². The van der Waals surface area contributed by atoms with E-state index in [1.165, 1.54) is 23.9 Å². The van der Waals surface area contributed by atoms with Gasteiger partial charge in [-0.15, -0.1) is 0 Å². The fourth-order valence-corrected chi connectivity index (χ4v) is 1.68. The van der Waals surface area contributed by atoms with Crippen molar-refractivity contribution in [2.75, 3.05) is 5.73 Å². The predicted molar refractivity (Wildman–Crippen MR) is 64.4 cm³/mol. The van der Waals surface area contributed by atoms with Crippen molar-refractivity contribution >= 4 is 5.69 Å². The largest absolute Gasteiger partial charge is 0.437 e. The molecule has 0 aromatic carbocycles. The van der Waals surface area contributed by atoms with E-state index in [1.807, 2.05) is 6.07 Å². The van der Waals surface area contributed by atoms with Crippen LogP contribution in [-0.2, 0) is 12.7 Å². The SMILES string of the molecule is Cc1c(N)c(C(F)(F)F)nn1Cc1ccc(C#N)nc1. The highest BCUT2D eigenvalue weighted by Crippen LogP contribution is 2.34. The summed E-state index contributed by atoms with van der Waals surface area (Å²) in [6.07, 6.45) is -3.16. The smallest absolute Gasteiger partial charge is 0.395 e. The molecule has 0 aliphatic rings. The van der Waals surface area contributed by atoms with Crippen LogP contribution in [0.5, 0.6) is 0 Å². The number of nitriles is 1. The van der Waals surface area contributed by atoms with Crippen molar-refractivity contribution in [2.45, 2.75) is 19.6 Å². The molecule has 0 unspecified atom stereocenters. The van der Waals surface area contributed by atoms with Crippen LogP contribution < -0.4 is 5.73 Å². The van der Waals surface area contributed by atoms with Crippen molar-refractivity contribution in [3.63, 3.8) is 0 Å². The van der Waals surface area contributed by atoms with E-state index >= 15 is 0 Å². The van der Waals surface area contributed by atoms with Crippen LogP contribution in [0.3, 0.4) is 0 Å². The first-order valence-electron chi connectivity index (χ1n) is 5.58. The Labute approximate surface area is 112 Å². The molecule has 0 spiro atoms. The molecular weight excluding hydrogens is 271 g/mol. The number of aromatic nitrogens is 3. The molecule has 0 atom stereocenters. The first-order chi connectivity index (χ1) is 9.32. The van der Waals surface area contributed by atoms with Crippen LogP contribution in [0, 0.1) is 18.3 Å². The van der Waals surface area contributed by atoms with Crippen molar-refractivity contribution in [3.8, 4) is 6.07 Å². The van der Waals surface area contributed by atoms with Crippen LogP contribution in [0.15, 0.2) is 18.3 Å². The third-order valence-electron chi connectivity index (χ3n) is 2.79. The minimum absolute atomic E-state index is 0.102. The summed E-state index contributed by atoms with van der Waals surface area (Å²) in [4.78, 5) is 3.85. The zero-order valence-corrected chi connectivity index (χ0v) is 10.4. The fraction of sp³-hybridized carbons (Fsp3) is 0.250. The van der Waals surface area contributed by atoms with Crippen LogP contribution >= 0.6 is 0 Å². The van der Waals surface area contributed by atoms with E-state index in [4.69, 9.17) is 11.0 Å². The molecule has 2 aromatic rings. The monoisotopic (exact) mass is 281 g/mol. The van der Waals surface area contributed by atoms with Gasteiger partial charge >= 0.3 is 6.18 Å². The lowest BCUT2D eigenvalue weighted by Gasteiger charge is -2.04. The van der Waals surface area contributed by atoms with Crippen molar-refractivity contribution in [3.05, 3.63) is 41.0 Å². The minimum Gasteiger partial charge on any atom is -0.395 e. The quantitative estimate of drug-likeness (QED) is 0.914. The zero-order chi connectivity index (χ0) is 14.9. The van der Waals surface area contributed by atoms with E-state index in [9.17, 15) is 13.2 Å².